The van der Waals surface area contributed by atoms with Crippen LogP contribution >= 0.6 is 0 Å². The fourth-order valence-corrected chi connectivity index (χ4v) is 2.50. The lowest BCUT2D eigenvalue weighted by Gasteiger charge is -2.27. The molecule has 0 spiro atoms. The average Bonchev–Trinajstić information content (AvgIpc) is 2.60. The molecule has 5 nitrogen and oxygen atoms in total. The molecule has 118 valence electrons. The maximum atomic E-state index is 11.5. The van der Waals surface area contributed by atoms with Gasteiger partial charge in [-0.1, -0.05) is 47.6 Å². The summed E-state index contributed by atoms with van der Waals surface area (Å²) in [4.78, 5) is 16.4. The van der Waals surface area contributed by atoms with Crippen molar-refractivity contribution in [2.45, 2.75) is 19.4 Å². The zero-order valence-electron chi connectivity index (χ0n) is 12.9. The molecule has 1 aliphatic rings. The lowest BCUT2D eigenvalue weighted by Crippen LogP contribution is -2.24. The highest BCUT2D eigenvalue weighted by atomic mass is 16.7. The summed E-state index contributed by atoms with van der Waals surface area (Å²) < 4.78 is 6.07. The molecule has 2 aromatic rings. The summed E-state index contributed by atoms with van der Waals surface area (Å²) in [5, 5.41) is 6.60. The van der Waals surface area contributed by atoms with E-state index < -0.39 is 6.09 Å². The van der Waals surface area contributed by atoms with Gasteiger partial charge < -0.3 is 10.1 Å². The van der Waals surface area contributed by atoms with Crippen LogP contribution in [-0.4, -0.2) is 18.3 Å². The van der Waals surface area contributed by atoms with Crippen molar-refractivity contribution in [2.24, 2.45) is 5.16 Å². The Bertz CT molecular complexity index is 713. The summed E-state index contributed by atoms with van der Waals surface area (Å²) in [6.45, 7) is 2.32. The monoisotopic (exact) mass is 310 g/mol. The van der Waals surface area contributed by atoms with Gasteiger partial charge in [0.05, 0.1) is 5.71 Å². The number of carbonyl (C=O) groups is 1. The van der Waals surface area contributed by atoms with Crippen molar-refractivity contribution in [1.82, 2.24) is 5.32 Å². The van der Waals surface area contributed by atoms with Gasteiger partial charge in [-0.2, -0.15) is 0 Å². The van der Waals surface area contributed by atoms with E-state index in [1.165, 1.54) is 0 Å². The number of benzene rings is 2. The van der Waals surface area contributed by atoms with E-state index in [4.69, 9.17) is 9.57 Å². The Morgan fingerprint density at radius 1 is 1.22 bits per heavy atom. The molecule has 3 rings (SSSR count). The van der Waals surface area contributed by atoms with E-state index in [9.17, 15) is 4.79 Å². The van der Waals surface area contributed by atoms with E-state index in [0.29, 0.717) is 18.7 Å². The summed E-state index contributed by atoms with van der Waals surface area (Å²) in [6, 6.07) is 17.6. The Labute approximate surface area is 134 Å². The van der Waals surface area contributed by atoms with E-state index >= 15 is 0 Å². The van der Waals surface area contributed by atoms with Crippen LogP contribution in [0, 0.1) is 0 Å². The van der Waals surface area contributed by atoms with Crippen LogP contribution < -0.4 is 10.1 Å². The molecular weight excluding hydrogens is 292 g/mol. The highest BCUT2D eigenvalue weighted by Gasteiger charge is 2.26. The van der Waals surface area contributed by atoms with Gasteiger partial charge in [0.2, 0.25) is 0 Å². The first-order valence-electron chi connectivity index (χ1n) is 7.60. The molecule has 5 heteroatoms. The van der Waals surface area contributed by atoms with Gasteiger partial charge in [0, 0.05) is 18.5 Å². The second-order valence-corrected chi connectivity index (χ2v) is 5.16. The molecule has 23 heavy (non-hydrogen) atoms. The Kier molecular flexibility index (Phi) is 4.57. The molecule has 0 aliphatic carbocycles. The van der Waals surface area contributed by atoms with Crippen molar-refractivity contribution in [3.05, 3.63) is 65.7 Å². The van der Waals surface area contributed by atoms with Crippen molar-refractivity contribution in [2.75, 3.05) is 6.54 Å². The number of hydrogen-bond donors (Lipinski definition) is 1. The normalized spacial score (nSPS) is 18.0. The molecule has 1 atom stereocenters. The minimum atomic E-state index is -0.555. The smallest absolute Gasteiger partial charge is 0.433 e. The molecule has 1 N–H and O–H groups in total. The first-order valence-corrected chi connectivity index (χ1v) is 7.60. The zero-order valence-corrected chi connectivity index (χ0v) is 12.9. The topological polar surface area (TPSA) is 59.9 Å². The predicted octanol–water partition coefficient (Wildman–Crippen LogP) is 3.66. The van der Waals surface area contributed by atoms with E-state index in [0.717, 1.165) is 16.9 Å². The lowest BCUT2D eigenvalue weighted by atomic mass is 9.96. The van der Waals surface area contributed by atoms with E-state index in [1.807, 2.05) is 61.5 Å². The van der Waals surface area contributed by atoms with Crippen LogP contribution in [0.3, 0.4) is 0 Å². The van der Waals surface area contributed by atoms with Crippen molar-refractivity contribution < 1.29 is 14.4 Å². The third-order valence-corrected chi connectivity index (χ3v) is 3.58. The molecular formula is C18H18N2O3. The van der Waals surface area contributed by atoms with Gasteiger partial charge in [0.1, 0.15) is 11.9 Å². The number of carbonyl (C=O) groups excluding carboxylic acids is 1. The van der Waals surface area contributed by atoms with Crippen molar-refractivity contribution in [1.29, 1.82) is 0 Å². The first kappa shape index (κ1) is 15.1. The second kappa shape index (κ2) is 6.96. The molecule has 1 amide bonds. The SMILES string of the molecule is CCNC(=O)O/N=C1\CC(c2ccccc2)Oc2ccccc21. The molecule has 1 aliphatic heterocycles. The number of para-hydroxylation sites is 1. The highest BCUT2D eigenvalue weighted by molar-refractivity contribution is 6.04. The van der Waals surface area contributed by atoms with Crippen LogP contribution in [0.15, 0.2) is 59.8 Å². The van der Waals surface area contributed by atoms with Crippen LogP contribution in [0.25, 0.3) is 0 Å². The molecule has 0 aromatic heterocycles. The zero-order chi connectivity index (χ0) is 16.1. The minimum absolute atomic E-state index is 0.150. The fraction of sp³-hybridized carbons (Fsp3) is 0.222. The van der Waals surface area contributed by atoms with Gasteiger partial charge in [0.25, 0.3) is 0 Å². The fourth-order valence-electron chi connectivity index (χ4n) is 2.50. The highest BCUT2D eigenvalue weighted by Crippen LogP contribution is 2.35. The standard InChI is InChI=1S/C18H18N2O3/c1-2-19-18(21)23-20-15-12-17(13-8-4-3-5-9-13)22-16-11-7-6-10-14(15)16/h3-11,17H,2,12H2,1H3,(H,19,21)/b20-15+. The Morgan fingerprint density at radius 2 is 1.96 bits per heavy atom. The van der Waals surface area contributed by atoms with Crippen LogP contribution in [0.2, 0.25) is 0 Å². The maximum absolute atomic E-state index is 11.5. The number of ether oxygens (including phenoxy) is 1. The summed E-state index contributed by atoms with van der Waals surface area (Å²) in [5.41, 5.74) is 2.61. The van der Waals surface area contributed by atoms with Gasteiger partial charge in [0.15, 0.2) is 0 Å². The number of oxime groups is 1. The number of amides is 1. The molecule has 0 radical (unpaired) electrons. The minimum Gasteiger partial charge on any atom is -0.485 e. The van der Waals surface area contributed by atoms with Crippen LogP contribution in [0.1, 0.15) is 30.6 Å². The van der Waals surface area contributed by atoms with E-state index in [1.54, 1.807) is 0 Å². The molecule has 1 unspecified atom stereocenters. The summed E-state index contributed by atoms with van der Waals surface area (Å²) in [5.74, 6) is 0.742. The average molecular weight is 310 g/mol. The number of nitrogens with one attached hydrogen (secondary N) is 1. The van der Waals surface area contributed by atoms with Gasteiger partial charge in [-0.25, -0.2) is 4.79 Å². The molecule has 0 fully saturated rings. The van der Waals surface area contributed by atoms with Gasteiger partial charge in [-0.05, 0) is 24.6 Å². The maximum Gasteiger partial charge on any atom is 0.433 e. The third kappa shape index (κ3) is 3.51. The van der Waals surface area contributed by atoms with Crippen molar-refractivity contribution >= 4 is 11.8 Å². The Hall–Kier alpha value is -2.82. The first-order chi connectivity index (χ1) is 11.3. The Balaban J connectivity index is 1.88. The van der Waals surface area contributed by atoms with Gasteiger partial charge in [-0.3, -0.25) is 4.84 Å². The van der Waals surface area contributed by atoms with Crippen LogP contribution in [0.5, 0.6) is 5.75 Å². The lowest BCUT2D eigenvalue weighted by molar-refractivity contribution is 0.148. The van der Waals surface area contributed by atoms with E-state index in [2.05, 4.69) is 10.5 Å². The molecule has 1 heterocycles. The largest absolute Gasteiger partial charge is 0.485 e. The molecule has 2 aromatic carbocycles. The predicted molar refractivity (Wildman–Crippen MR) is 87.6 cm³/mol. The summed E-state index contributed by atoms with van der Waals surface area (Å²) >= 11 is 0. The summed E-state index contributed by atoms with van der Waals surface area (Å²) in [7, 11) is 0. The van der Waals surface area contributed by atoms with Gasteiger partial charge >= 0.3 is 6.09 Å². The van der Waals surface area contributed by atoms with Crippen molar-refractivity contribution in [3.63, 3.8) is 0 Å². The van der Waals surface area contributed by atoms with Gasteiger partial charge in [-0.15, -0.1) is 0 Å². The number of rotatable bonds is 3. The van der Waals surface area contributed by atoms with Crippen LogP contribution in [-0.2, 0) is 4.84 Å². The third-order valence-electron chi connectivity index (χ3n) is 3.58. The van der Waals surface area contributed by atoms with E-state index in [-0.39, 0.29) is 6.10 Å². The van der Waals surface area contributed by atoms with Crippen molar-refractivity contribution in [3.8, 4) is 5.75 Å². The molecule has 0 saturated heterocycles. The van der Waals surface area contributed by atoms with Crippen LogP contribution in [0.4, 0.5) is 4.79 Å². The molecule has 0 saturated carbocycles. The number of fused-ring (bicyclic) bond motifs is 1. The molecule has 0 bridgehead atoms. The summed E-state index contributed by atoms with van der Waals surface area (Å²) in [6.07, 6.45) is -0.164. The number of hydrogen-bond acceptors (Lipinski definition) is 4. The second-order valence-electron chi connectivity index (χ2n) is 5.16. The quantitative estimate of drug-likeness (QED) is 0.695. The number of nitrogens with zero attached hydrogens (tertiary/aromatic N) is 1. The Morgan fingerprint density at radius 3 is 2.74 bits per heavy atom.